The van der Waals surface area contributed by atoms with Crippen LogP contribution in [0.2, 0.25) is 0 Å². The Balaban J connectivity index is 2.13. The van der Waals surface area contributed by atoms with Crippen molar-refractivity contribution >= 4 is 5.78 Å². The summed E-state index contributed by atoms with van der Waals surface area (Å²) in [5, 5.41) is 0. The highest BCUT2D eigenvalue weighted by Gasteiger charge is 2.32. The van der Waals surface area contributed by atoms with Crippen LogP contribution in [0.3, 0.4) is 0 Å². The van der Waals surface area contributed by atoms with Crippen molar-refractivity contribution in [2.75, 3.05) is 6.61 Å². The number of hydrogen-bond donors (Lipinski definition) is 0. The van der Waals surface area contributed by atoms with E-state index in [4.69, 9.17) is 4.74 Å². The fourth-order valence-electron chi connectivity index (χ4n) is 2.04. The lowest BCUT2D eigenvalue weighted by atomic mass is 9.79. The van der Waals surface area contributed by atoms with Crippen molar-refractivity contribution in [3.63, 3.8) is 0 Å². The Bertz CT molecular complexity index is 341. The number of ether oxygens (including phenoxy) is 1. The van der Waals surface area contributed by atoms with Gasteiger partial charge in [-0.3, -0.25) is 4.79 Å². The van der Waals surface area contributed by atoms with E-state index in [-0.39, 0.29) is 17.8 Å². The van der Waals surface area contributed by atoms with Gasteiger partial charge in [0.2, 0.25) is 0 Å². The van der Waals surface area contributed by atoms with Gasteiger partial charge in [-0.1, -0.05) is 36.8 Å². The average molecular weight is 218 g/mol. The van der Waals surface area contributed by atoms with Crippen LogP contribution in [0.15, 0.2) is 30.3 Å². The second-order valence-corrected chi connectivity index (χ2v) is 4.28. The van der Waals surface area contributed by atoms with Crippen molar-refractivity contribution in [1.82, 2.24) is 0 Å². The van der Waals surface area contributed by atoms with Crippen molar-refractivity contribution in [3.8, 4) is 0 Å². The monoisotopic (exact) mass is 218 g/mol. The van der Waals surface area contributed by atoms with Gasteiger partial charge in [0.1, 0.15) is 6.10 Å². The van der Waals surface area contributed by atoms with Gasteiger partial charge in [-0.2, -0.15) is 0 Å². The molecule has 16 heavy (non-hydrogen) atoms. The van der Waals surface area contributed by atoms with Gasteiger partial charge in [0, 0.05) is 12.5 Å². The summed E-state index contributed by atoms with van der Waals surface area (Å²) in [6, 6.07) is 9.80. The predicted molar refractivity (Wildman–Crippen MR) is 63.2 cm³/mol. The number of benzene rings is 1. The molecule has 1 atom stereocenters. The largest absolute Gasteiger partial charge is 0.366 e. The second-order valence-electron chi connectivity index (χ2n) is 4.28. The van der Waals surface area contributed by atoms with E-state index in [0.29, 0.717) is 6.61 Å². The molecule has 1 aliphatic rings. The van der Waals surface area contributed by atoms with Gasteiger partial charge in [-0.25, -0.2) is 0 Å². The topological polar surface area (TPSA) is 26.3 Å². The zero-order valence-corrected chi connectivity index (χ0v) is 9.69. The maximum absolute atomic E-state index is 12.2. The highest BCUT2D eigenvalue weighted by atomic mass is 16.5. The van der Waals surface area contributed by atoms with E-state index in [0.717, 1.165) is 18.4 Å². The standard InChI is InChI=1S/C14H18O2/c1-2-16-14(12-7-4-3-5-8-12)13(15)11-9-6-10-11/h3-5,7-8,11,14H,2,6,9-10H2,1H3. The summed E-state index contributed by atoms with van der Waals surface area (Å²) in [4.78, 5) is 12.2. The first kappa shape index (κ1) is 11.3. The zero-order valence-electron chi connectivity index (χ0n) is 9.69. The van der Waals surface area contributed by atoms with E-state index in [2.05, 4.69) is 0 Å². The van der Waals surface area contributed by atoms with Crippen LogP contribution in [-0.2, 0) is 9.53 Å². The van der Waals surface area contributed by atoms with E-state index in [1.807, 2.05) is 37.3 Å². The summed E-state index contributed by atoms with van der Waals surface area (Å²) < 4.78 is 5.60. The molecule has 1 aliphatic carbocycles. The van der Waals surface area contributed by atoms with Crippen LogP contribution in [0.1, 0.15) is 37.9 Å². The van der Waals surface area contributed by atoms with Crippen molar-refractivity contribution in [2.45, 2.75) is 32.3 Å². The van der Waals surface area contributed by atoms with Gasteiger partial charge in [-0.15, -0.1) is 0 Å². The normalized spacial score (nSPS) is 17.8. The maximum atomic E-state index is 12.2. The molecule has 0 radical (unpaired) electrons. The molecule has 0 spiro atoms. The van der Waals surface area contributed by atoms with E-state index in [9.17, 15) is 4.79 Å². The Kier molecular flexibility index (Phi) is 3.73. The van der Waals surface area contributed by atoms with Crippen molar-refractivity contribution in [3.05, 3.63) is 35.9 Å². The first-order valence-electron chi connectivity index (χ1n) is 6.03. The van der Waals surface area contributed by atoms with Crippen molar-refractivity contribution in [1.29, 1.82) is 0 Å². The average Bonchev–Trinajstić information content (AvgIpc) is 2.24. The van der Waals surface area contributed by atoms with Gasteiger partial charge >= 0.3 is 0 Å². The lowest BCUT2D eigenvalue weighted by Gasteiger charge is -2.28. The third kappa shape index (κ3) is 2.33. The molecular formula is C14H18O2. The highest BCUT2D eigenvalue weighted by molar-refractivity contribution is 5.87. The number of ketones is 1. The minimum absolute atomic E-state index is 0.233. The van der Waals surface area contributed by atoms with Gasteiger partial charge in [-0.05, 0) is 25.3 Å². The van der Waals surface area contributed by atoms with Crippen LogP contribution >= 0.6 is 0 Å². The molecule has 2 nitrogen and oxygen atoms in total. The summed E-state index contributed by atoms with van der Waals surface area (Å²) in [6.45, 7) is 2.52. The summed E-state index contributed by atoms with van der Waals surface area (Å²) in [5.74, 6) is 0.496. The number of carbonyl (C=O) groups is 1. The SMILES string of the molecule is CCOC(C(=O)C1CCC1)c1ccccc1. The zero-order chi connectivity index (χ0) is 11.4. The van der Waals surface area contributed by atoms with E-state index >= 15 is 0 Å². The maximum Gasteiger partial charge on any atom is 0.169 e. The summed E-state index contributed by atoms with van der Waals surface area (Å²) in [6.07, 6.45) is 2.91. The molecule has 1 saturated carbocycles. The number of Topliss-reactive ketones (excluding diaryl/α,β-unsaturated/α-hetero) is 1. The minimum Gasteiger partial charge on any atom is -0.366 e. The second kappa shape index (κ2) is 5.26. The van der Waals surface area contributed by atoms with E-state index < -0.39 is 0 Å². The third-order valence-corrected chi connectivity index (χ3v) is 3.20. The molecule has 1 fully saturated rings. The Hall–Kier alpha value is -1.15. The van der Waals surface area contributed by atoms with Gasteiger partial charge in [0.25, 0.3) is 0 Å². The fourth-order valence-corrected chi connectivity index (χ4v) is 2.04. The van der Waals surface area contributed by atoms with Crippen molar-refractivity contribution < 1.29 is 9.53 Å². The molecule has 1 aromatic carbocycles. The van der Waals surface area contributed by atoms with E-state index in [1.165, 1.54) is 6.42 Å². The summed E-state index contributed by atoms with van der Waals surface area (Å²) in [7, 11) is 0. The molecule has 2 rings (SSSR count). The smallest absolute Gasteiger partial charge is 0.169 e. The van der Waals surface area contributed by atoms with Crippen LogP contribution in [0, 0.1) is 5.92 Å². The molecule has 86 valence electrons. The highest BCUT2D eigenvalue weighted by Crippen LogP contribution is 2.33. The Morgan fingerprint density at radius 2 is 2.06 bits per heavy atom. The van der Waals surface area contributed by atoms with Crippen molar-refractivity contribution in [2.24, 2.45) is 5.92 Å². The number of rotatable bonds is 5. The molecular weight excluding hydrogens is 200 g/mol. The molecule has 0 heterocycles. The van der Waals surface area contributed by atoms with Crippen LogP contribution in [0.5, 0.6) is 0 Å². The van der Waals surface area contributed by atoms with Crippen LogP contribution in [0.25, 0.3) is 0 Å². The number of carbonyl (C=O) groups excluding carboxylic acids is 1. The molecule has 0 N–H and O–H groups in total. The molecule has 1 unspecified atom stereocenters. The van der Waals surface area contributed by atoms with Gasteiger partial charge in [0.15, 0.2) is 5.78 Å². The van der Waals surface area contributed by atoms with Gasteiger partial charge < -0.3 is 4.74 Å². The predicted octanol–water partition coefficient (Wildman–Crippen LogP) is 3.13. The molecule has 2 heteroatoms. The fraction of sp³-hybridized carbons (Fsp3) is 0.500. The van der Waals surface area contributed by atoms with Crippen LogP contribution in [-0.4, -0.2) is 12.4 Å². The molecule has 0 aliphatic heterocycles. The Morgan fingerprint density at radius 3 is 2.56 bits per heavy atom. The van der Waals surface area contributed by atoms with Crippen LogP contribution in [0.4, 0.5) is 0 Å². The molecule has 0 bridgehead atoms. The quantitative estimate of drug-likeness (QED) is 0.759. The lowest BCUT2D eigenvalue weighted by Crippen LogP contribution is -2.29. The molecule has 0 amide bonds. The first-order chi connectivity index (χ1) is 7.83. The van der Waals surface area contributed by atoms with Crippen LogP contribution < -0.4 is 0 Å². The summed E-state index contributed by atoms with van der Waals surface area (Å²) >= 11 is 0. The molecule has 0 aromatic heterocycles. The molecule has 1 aromatic rings. The third-order valence-electron chi connectivity index (χ3n) is 3.20. The van der Waals surface area contributed by atoms with E-state index in [1.54, 1.807) is 0 Å². The molecule has 0 saturated heterocycles. The summed E-state index contributed by atoms with van der Waals surface area (Å²) in [5.41, 5.74) is 0.987. The Labute approximate surface area is 96.6 Å². The lowest BCUT2D eigenvalue weighted by molar-refractivity contribution is -0.137. The minimum atomic E-state index is -0.350. The Morgan fingerprint density at radius 1 is 1.38 bits per heavy atom. The van der Waals surface area contributed by atoms with Gasteiger partial charge in [0.05, 0.1) is 0 Å². The first-order valence-corrected chi connectivity index (χ1v) is 6.03. The number of hydrogen-bond acceptors (Lipinski definition) is 2.